The molecule has 1 atom stereocenters. The van der Waals surface area contributed by atoms with Crippen LogP contribution in [0, 0.1) is 26.2 Å². The lowest BCUT2D eigenvalue weighted by atomic mass is 9.89. The maximum atomic E-state index is 12.7. The SMILES string of the molecule is Cc1oc(C)c(C(=O)N2CCN(C[C@@H](O)C(C)(C)C)CC2)c1C. The van der Waals surface area contributed by atoms with Gasteiger partial charge in [0, 0.05) is 38.3 Å². The van der Waals surface area contributed by atoms with Crippen LogP contribution in [0.15, 0.2) is 4.42 Å². The molecule has 130 valence electrons. The molecule has 0 unspecified atom stereocenters. The number of piperazine rings is 1. The Hall–Kier alpha value is -1.33. The van der Waals surface area contributed by atoms with Crippen LogP contribution in [-0.2, 0) is 0 Å². The van der Waals surface area contributed by atoms with Crippen molar-refractivity contribution in [1.82, 2.24) is 9.80 Å². The zero-order chi connectivity index (χ0) is 17.4. The minimum absolute atomic E-state index is 0.0628. The van der Waals surface area contributed by atoms with Crippen molar-refractivity contribution in [3.63, 3.8) is 0 Å². The Labute approximate surface area is 139 Å². The van der Waals surface area contributed by atoms with Crippen molar-refractivity contribution in [1.29, 1.82) is 0 Å². The Balaban J connectivity index is 1.95. The molecule has 0 bridgehead atoms. The molecule has 23 heavy (non-hydrogen) atoms. The molecule has 1 aliphatic rings. The molecule has 0 aromatic carbocycles. The number of carbonyl (C=O) groups excluding carboxylic acids is 1. The van der Waals surface area contributed by atoms with Crippen LogP contribution in [0.2, 0.25) is 0 Å². The number of amides is 1. The van der Waals surface area contributed by atoms with Crippen LogP contribution in [-0.4, -0.2) is 59.6 Å². The van der Waals surface area contributed by atoms with E-state index in [2.05, 4.69) is 4.90 Å². The summed E-state index contributed by atoms with van der Waals surface area (Å²) < 4.78 is 5.58. The van der Waals surface area contributed by atoms with E-state index in [1.54, 1.807) is 0 Å². The first-order valence-corrected chi connectivity index (χ1v) is 8.37. The second-order valence-corrected chi connectivity index (χ2v) is 7.69. The van der Waals surface area contributed by atoms with Crippen molar-refractivity contribution >= 4 is 5.91 Å². The molecule has 1 saturated heterocycles. The van der Waals surface area contributed by atoms with Gasteiger partial charge in [0.1, 0.15) is 11.5 Å². The highest BCUT2D eigenvalue weighted by molar-refractivity contribution is 5.97. The third-order valence-corrected chi connectivity index (χ3v) is 4.87. The first kappa shape index (κ1) is 18.0. The third kappa shape index (κ3) is 3.96. The van der Waals surface area contributed by atoms with Crippen LogP contribution >= 0.6 is 0 Å². The summed E-state index contributed by atoms with van der Waals surface area (Å²) in [5.41, 5.74) is 1.54. The second-order valence-electron chi connectivity index (χ2n) is 7.69. The number of rotatable bonds is 3. The van der Waals surface area contributed by atoms with Crippen LogP contribution in [0.1, 0.15) is 48.2 Å². The molecular formula is C18H30N2O3. The van der Waals surface area contributed by atoms with Crippen molar-refractivity contribution in [3.8, 4) is 0 Å². The van der Waals surface area contributed by atoms with Gasteiger partial charge in [-0.05, 0) is 26.2 Å². The van der Waals surface area contributed by atoms with Crippen LogP contribution in [0.5, 0.6) is 0 Å². The zero-order valence-electron chi connectivity index (χ0n) is 15.3. The molecular weight excluding hydrogens is 292 g/mol. The van der Waals surface area contributed by atoms with Gasteiger partial charge in [-0.25, -0.2) is 0 Å². The van der Waals surface area contributed by atoms with E-state index in [1.165, 1.54) is 0 Å². The Morgan fingerprint density at radius 2 is 1.70 bits per heavy atom. The van der Waals surface area contributed by atoms with Crippen LogP contribution < -0.4 is 0 Å². The number of nitrogens with zero attached hydrogens (tertiary/aromatic N) is 2. The second kappa shape index (κ2) is 6.65. The largest absolute Gasteiger partial charge is 0.466 e. The lowest BCUT2D eigenvalue weighted by molar-refractivity contribution is 0.0136. The van der Waals surface area contributed by atoms with Gasteiger partial charge in [-0.15, -0.1) is 0 Å². The van der Waals surface area contributed by atoms with E-state index in [0.717, 1.165) is 24.4 Å². The number of β-amino-alcohol motifs (C(OH)–C–C–N with tert-alkyl or cyclic N) is 1. The lowest BCUT2D eigenvalue weighted by Crippen LogP contribution is -2.51. The average molecular weight is 322 g/mol. The van der Waals surface area contributed by atoms with E-state index < -0.39 is 0 Å². The van der Waals surface area contributed by atoms with E-state index in [1.807, 2.05) is 46.4 Å². The molecule has 0 saturated carbocycles. The molecule has 1 aromatic rings. The maximum absolute atomic E-state index is 12.7. The van der Waals surface area contributed by atoms with Gasteiger partial charge in [-0.3, -0.25) is 9.69 Å². The van der Waals surface area contributed by atoms with E-state index in [0.29, 0.717) is 31.0 Å². The van der Waals surface area contributed by atoms with Gasteiger partial charge < -0.3 is 14.4 Å². The molecule has 1 aliphatic heterocycles. The van der Waals surface area contributed by atoms with Crippen LogP contribution in [0.3, 0.4) is 0 Å². The van der Waals surface area contributed by atoms with E-state index >= 15 is 0 Å². The summed E-state index contributed by atoms with van der Waals surface area (Å²) >= 11 is 0. The molecule has 1 fully saturated rings. The summed E-state index contributed by atoms with van der Waals surface area (Å²) in [5, 5.41) is 10.2. The lowest BCUT2D eigenvalue weighted by Gasteiger charge is -2.38. The predicted molar refractivity (Wildman–Crippen MR) is 90.7 cm³/mol. The number of hydrogen-bond donors (Lipinski definition) is 1. The Kier molecular flexibility index (Phi) is 5.21. The quantitative estimate of drug-likeness (QED) is 0.928. The van der Waals surface area contributed by atoms with Crippen molar-refractivity contribution in [2.45, 2.75) is 47.6 Å². The van der Waals surface area contributed by atoms with E-state index in [-0.39, 0.29) is 17.4 Å². The maximum Gasteiger partial charge on any atom is 0.257 e. The highest BCUT2D eigenvalue weighted by atomic mass is 16.3. The Morgan fingerprint density at radius 3 is 2.13 bits per heavy atom. The third-order valence-electron chi connectivity index (χ3n) is 4.87. The molecule has 0 spiro atoms. The fraction of sp³-hybridized carbons (Fsp3) is 0.722. The molecule has 0 radical (unpaired) electrons. The number of hydrogen-bond acceptors (Lipinski definition) is 4. The fourth-order valence-corrected chi connectivity index (χ4v) is 2.92. The summed E-state index contributed by atoms with van der Waals surface area (Å²) in [7, 11) is 0. The van der Waals surface area contributed by atoms with Gasteiger partial charge in [0.2, 0.25) is 0 Å². The molecule has 5 heteroatoms. The smallest absolute Gasteiger partial charge is 0.257 e. The number of furan rings is 1. The van der Waals surface area contributed by atoms with E-state index in [9.17, 15) is 9.90 Å². The molecule has 2 rings (SSSR count). The monoisotopic (exact) mass is 322 g/mol. The van der Waals surface area contributed by atoms with Gasteiger partial charge in [-0.1, -0.05) is 20.8 Å². The minimum atomic E-state index is -0.356. The minimum Gasteiger partial charge on any atom is -0.466 e. The van der Waals surface area contributed by atoms with Gasteiger partial charge in [0.25, 0.3) is 5.91 Å². The Bertz CT molecular complexity index is 564. The van der Waals surface area contributed by atoms with Crippen LogP contribution in [0.4, 0.5) is 0 Å². The first-order chi connectivity index (χ1) is 10.6. The number of aryl methyl sites for hydroxylation is 2. The summed E-state index contributed by atoms with van der Waals surface area (Å²) in [6, 6.07) is 0. The first-order valence-electron chi connectivity index (χ1n) is 8.37. The normalized spacial score (nSPS) is 18.3. The number of aliphatic hydroxyl groups excluding tert-OH is 1. The summed E-state index contributed by atoms with van der Waals surface area (Å²) in [5.74, 6) is 1.58. The van der Waals surface area contributed by atoms with Crippen molar-refractivity contribution in [2.75, 3.05) is 32.7 Å². The van der Waals surface area contributed by atoms with Crippen molar-refractivity contribution < 1.29 is 14.3 Å². The summed E-state index contributed by atoms with van der Waals surface area (Å²) in [6.45, 7) is 15.5. The molecule has 1 N–H and O–H groups in total. The van der Waals surface area contributed by atoms with Gasteiger partial charge in [-0.2, -0.15) is 0 Å². The average Bonchev–Trinajstić information content (AvgIpc) is 2.71. The zero-order valence-corrected chi connectivity index (χ0v) is 15.3. The highest BCUT2D eigenvalue weighted by Crippen LogP contribution is 2.24. The van der Waals surface area contributed by atoms with Gasteiger partial charge in [0.05, 0.1) is 11.7 Å². The topological polar surface area (TPSA) is 56.9 Å². The van der Waals surface area contributed by atoms with Gasteiger partial charge in [0.15, 0.2) is 0 Å². The highest BCUT2D eigenvalue weighted by Gasteiger charge is 2.29. The van der Waals surface area contributed by atoms with Crippen molar-refractivity contribution in [3.05, 3.63) is 22.6 Å². The summed E-state index contributed by atoms with van der Waals surface area (Å²) in [4.78, 5) is 16.9. The van der Waals surface area contributed by atoms with Crippen LogP contribution in [0.25, 0.3) is 0 Å². The molecule has 2 heterocycles. The molecule has 0 aliphatic carbocycles. The number of aliphatic hydroxyl groups is 1. The Morgan fingerprint density at radius 1 is 1.13 bits per heavy atom. The van der Waals surface area contributed by atoms with Gasteiger partial charge >= 0.3 is 0 Å². The fourth-order valence-electron chi connectivity index (χ4n) is 2.92. The standard InChI is InChI=1S/C18H30N2O3/c1-12-13(2)23-14(3)16(12)17(22)20-9-7-19(8-10-20)11-15(21)18(4,5)6/h15,21H,7-11H2,1-6H3/t15-/m1/s1. The molecule has 1 aromatic heterocycles. The molecule has 1 amide bonds. The predicted octanol–water partition coefficient (Wildman–Crippen LogP) is 2.37. The summed E-state index contributed by atoms with van der Waals surface area (Å²) in [6.07, 6.45) is -0.356. The van der Waals surface area contributed by atoms with Crippen molar-refractivity contribution in [2.24, 2.45) is 5.41 Å². The number of carbonyl (C=O) groups is 1. The van der Waals surface area contributed by atoms with E-state index in [4.69, 9.17) is 4.42 Å². The molecule has 5 nitrogen and oxygen atoms in total.